The van der Waals surface area contributed by atoms with E-state index in [-0.39, 0.29) is 38.2 Å². The third-order valence-corrected chi connectivity index (χ3v) is 21.8. The molecule has 0 bridgehead atoms. The molecule has 8 fully saturated rings. The monoisotopic (exact) mass is 1260 g/mol. The summed E-state index contributed by atoms with van der Waals surface area (Å²) in [5, 5.41) is 90.7. The maximum absolute atomic E-state index is 13.7. The van der Waals surface area contributed by atoms with Crippen molar-refractivity contribution in [1.82, 2.24) is 0 Å². The van der Waals surface area contributed by atoms with Crippen molar-refractivity contribution in [2.45, 2.75) is 277 Å². The molecule has 502 valence electrons. The predicted octanol–water partition coefficient (Wildman–Crippen LogP) is 2.03. The molecule has 5 aliphatic heterocycles. The fourth-order valence-corrected chi connectivity index (χ4v) is 16.5. The molecule has 4 aliphatic carbocycles. The standard InChI is InChI=1S/C64H96O25/c1-31-53(86-47-27-40(76-9)54(32(2)80-47)87-48-28-41(77-10)55(33(3)81-48)88-59-52(71)57(78-11)56(34(4)82-59)89-58-51(70)50(69)49(68)42(30-65)84-58)39(75-8)26-46(79-31)83-38-20-21-60(6)37(25-38)19-22-63(73)43(60)29-44(85-45(67)18-17-36-15-13-12-14-16-36)61(7)62(72,35(5)66)23-24-64(61,63)74/h12-19,31-34,38-44,46-59,65,68-74H,20-30H2,1-11H3/t31-,32-,33-,34-,38+,39+,40+,41-,42-,43-,44-,46+,47+,48+,49-,50+,51-,52-,53-,54-,55-,56+,57-,58+,59+,60+,61-,62-,63+,64-/m1/s1. The Balaban J connectivity index is 0.728. The molecule has 3 saturated carbocycles. The Kier molecular flexibility index (Phi) is 21.2. The molecule has 89 heavy (non-hydrogen) atoms. The van der Waals surface area contributed by atoms with E-state index in [1.165, 1.54) is 27.2 Å². The third-order valence-electron chi connectivity index (χ3n) is 21.8. The van der Waals surface area contributed by atoms with E-state index < -0.39 is 193 Å². The van der Waals surface area contributed by atoms with Crippen molar-refractivity contribution in [3.63, 3.8) is 0 Å². The van der Waals surface area contributed by atoms with E-state index >= 15 is 0 Å². The second-order valence-electron chi connectivity index (χ2n) is 26.6. The van der Waals surface area contributed by atoms with Gasteiger partial charge in [-0.15, -0.1) is 0 Å². The summed E-state index contributed by atoms with van der Waals surface area (Å²) in [6, 6.07) is 9.25. The number of carbonyl (C=O) groups is 2. The first-order valence-electron chi connectivity index (χ1n) is 31.5. The molecular weight excluding hydrogens is 1170 g/mol. The molecule has 0 unspecified atom stereocenters. The highest BCUT2D eigenvalue weighted by atomic mass is 16.8. The number of methoxy groups -OCH3 is 4. The molecule has 0 amide bonds. The van der Waals surface area contributed by atoms with Crippen LogP contribution in [0.2, 0.25) is 0 Å². The second kappa shape index (κ2) is 27.4. The summed E-state index contributed by atoms with van der Waals surface area (Å²) in [6.45, 7) is 11.5. The normalized spacial score (nSPS) is 49.3. The molecule has 5 heterocycles. The molecule has 0 aromatic heterocycles. The van der Waals surface area contributed by atoms with E-state index in [0.29, 0.717) is 32.1 Å². The smallest absolute Gasteiger partial charge is 0.331 e. The molecule has 1 aromatic rings. The minimum Gasteiger partial charge on any atom is -0.458 e. The van der Waals surface area contributed by atoms with Gasteiger partial charge >= 0.3 is 5.97 Å². The van der Waals surface area contributed by atoms with E-state index in [0.717, 1.165) is 11.1 Å². The van der Waals surface area contributed by atoms with Gasteiger partial charge in [0, 0.05) is 59.7 Å². The van der Waals surface area contributed by atoms with Crippen molar-refractivity contribution < 1.29 is 121 Å². The summed E-state index contributed by atoms with van der Waals surface area (Å²) in [4.78, 5) is 27.0. The summed E-state index contributed by atoms with van der Waals surface area (Å²) in [6.07, 6.45) is -14.7. The molecule has 8 N–H and O–H groups in total. The summed E-state index contributed by atoms with van der Waals surface area (Å²) < 4.78 is 93.6. The SMILES string of the molecule is CO[C@@H]1[C@@H](O)[C@H](O[C@@H]2[C@@H](C)O[C@@H](O[C@H]3[C@@H](OC)C[C@H](O[C@H]4[C@@H](OC)C[C@H](O[C@H]5CC[C@@]6(C)C(=CC[C@]7(O)[C@@H]6C[C@@H](OC(=O)C=Cc6ccccc6)[C@@]6(C)[C@]7(O)CC[C@@]6(O)C(C)=O)C5)O[C@@H]4C)O[C@@H]3C)C[C@H]2OC)O[C@H](C)[C@@H]1O[C@@H]1O[C@H](CO)[C@@H](O)[C@H](O)[C@H]1O. The molecule has 0 radical (unpaired) electrons. The number of benzene rings is 1. The molecule has 30 atom stereocenters. The lowest BCUT2D eigenvalue weighted by molar-refractivity contribution is -0.374. The number of ketones is 1. The quantitative estimate of drug-likeness (QED) is 0.0558. The van der Waals surface area contributed by atoms with Crippen LogP contribution >= 0.6 is 0 Å². The fourth-order valence-electron chi connectivity index (χ4n) is 16.5. The number of fused-ring (bicyclic) bond motifs is 5. The zero-order valence-corrected chi connectivity index (χ0v) is 52.8. The highest BCUT2D eigenvalue weighted by Gasteiger charge is 2.81. The van der Waals surface area contributed by atoms with Gasteiger partial charge in [0.15, 0.2) is 37.2 Å². The van der Waals surface area contributed by atoms with Crippen LogP contribution in [0.5, 0.6) is 0 Å². The van der Waals surface area contributed by atoms with Crippen molar-refractivity contribution >= 4 is 17.8 Å². The molecule has 9 aliphatic rings. The maximum atomic E-state index is 13.7. The number of aliphatic hydroxyl groups is 8. The second-order valence-corrected chi connectivity index (χ2v) is 26.6. The largest absolute Gasteiger partial charge is 0.458 e. The molecule has 5 saturated heterocycles. The van der Waals surface area contributed by atoms with Crippen molar-refractivity contribution in [2.24, 2.45) is 16.7 Å². The van der Waals surface area contributed by atoms with Crippen molar-refractivity contribution in [3.05, 3.63) is 53.6 Å². The van der Waals surface area contributed by atoms with Crippen molar-refractivity contribution in [1.29, 1.82) is 0 Å². The molecule has 25 nitrogen and oxygen atoms in total. The van der Waals surface area contributed by atoms with Gasteiger partial charge in [0.25, 0.3) is 0 Å². The number of Topliss-reactive ketones (excluding diaryl/α,β-unsaturated/α-hetero) is 1. The first-order chi connectivity index (χ1) is 42.2. The lowest BCUT2D eigenvalue weighted by Crippen LogP contribution is -2.78. The third kappa shape index (κ3) is 12.5. The maximum Gasteiger partial charge on any atom is 0.331 e. The van der Waals surface area contributed by atoms with E-state index in [9.17, 15) is 50.4 Å². The van der Waals surface area contributed by atoms with Gasteiger partial charge < -0.3 is 112 Å². The molecule has 0 spiro atoms. The number of ether oxygens (including phenoxy) is 15. The zero-order chi connectivity index (χ0) is 64.3. The van der Waals surface area contributed by atoms with Gasteiger partial charge in [0.2, 0.25) is 0 Å². The van der Waals surface area contributed by atoms with Gasteiger partial charge in [0.05, 0.1) is 60.9 Å². The minimum absolute atomic E-state index is 0.0602. The minimum atomic E-state index is -2.07. The van der Waals surface area contributed by atoms with Crippen LogP contribution in [0, 0.1) is 16.7 Å². The number of carbonyl (C=O) groups excluding carboxylic acids is 2. The molecule has 25 heteroatoms. The Morgan fingerprint density at radius 3 is 1.71 bits per heavy atom. The molecule has 1 aromatic carbocycles. The first kappa shape index (κ1) is 68.8. The van der Waals surface area contributed by atoms with Crippen LogP contribution in [0.4, 0.5) is 0 Å². The van der Waals surface area contributed by atoms with Crippen LogP contribution in [0.15, 0.2) is 48.1 Å². The van der Waals surface area contributed by atoms with Crippen LogP contribution in [0.25, 0.3) is 6.08 Å². The van der Waals surface area contributed by atoms with Gasteiger partial charge in [-0.3, -0.25) is 4.79 Å². The number of hydrogen-bond donors (Lipinski definition) is 8. The lowest BCUT2D eigenvalue weighted by atomic mass is 9.42. The Morgan fingerprint density at radius 2 is 1.16 bits per heavy atom. The lowest BCUT2D eigenvalue weighted by Gasteiger charge is -2.67. The summed E-state index contributed by atoms with van der Waals surface area (Å²) in [7, 11) is 6.10. The summed E-state index contributed by atoms with van der Waals surface area (Å²) >= 11 is 0. The van der Waals surface area contributed by atoms with Gasteiger partial charge in [-0.1, -0.05) is 48.9 Å². The average molecular weight is 1270 g/mol. The van der Waals surface area contributed by atoms with Gasteiger partial charge in [-0.2, -0.15) is 0 Å². The van der Waals surface area contributed by atoms with E-state index in [1.54, 1.807) is 41.1 Å². The van der Waals surface area contributed by atoms with E-state index in [2.05, 4.69) is 6.92 Å². The van der Waals surface area contributed by atoms with Crippen molar-refractivity contribution in [2.75, 3.05) is 35.0 Å². The number of esters is 1. The zero-order valence-electron chi connectivity index (χ0n) is 52.8. The van der Waals surface area contributed by atoms with Crippen LogP contribution in [-0.2, 0) is 80.6 Å². The van der Waals surface area contributed by atoms with Crippen LogP contribution in [0.1, 0.15) is 118 Å². The predicted molar refractivity (Wildman–Crippen MR) is 310 cm³/mol. The number of rotatable bonds is 19. The fraction of sp³-hybridized carbons (Fsp3) is 0.812. The number of hydrogen-bond acceptors (Lipinski definition) is 25. The Hall–Kier alpha value is -3.04. The molecule has 10 rings (SSSR count). The topological polar surface area (TPSA) is 334 Å². The van der Waals surface area contributed by atoms with Crippen LogP contribution < -0.4 is 0 Å². The Bertz CT molecular complexity index is 2630. The van der Waals surface area contributed by atoms with Gasteiger partial charge in [0.1, 0.15) is 83.9 Å². The van der Waals surface area contributed by atoms with E-state index in [4.69, 9.17) is 71.1 Å². The first-order valence-corrected chi connectivity index (χ1v) is 31.5. The Morgan fingerprint density at radius 1 is 0.618 bits per heavy atom. The highest BCUT2D eigenvalue weighted by Crippen LogP contribution is 2.71. The van der Waals surface area contributed by atoms with Gasteiger partial charge in [-0.25, -0.2) is 4.79 Å². The highest BCUT2D eigenvalue weighted by molar-refractivity contribution is 5.89. The van der Waals surface area contributed by atoms with Gasteiger partial charge in [-0.05, 0) is 104 Å². The van der Waals surface area contributed by atoms with E-state index in [1.807, 2.05) is 50.3 Å². The van der Waals surface area contributed by atoms with Crippen molar-refractivity contribution in [3.8, 4) is 0 Å². The summed E-state index contributed by atoms with van der Waals surface area (Å²) in [5.41, 5.74) is -6.41. The average Bonchev–Trinajstić information content (AvgIpc) is 1.61. The van der Waals surface area contributed by atoms with Crippen LogP contribution in [0.3, 0.4) is 0 Å². The summed E-state index contributed by atoms with van der Waals surface area (Å²) in [5.74, 6) is -1.86. The van der Waals surface area contributed by atoms with Crippen LogP contribution in [-0.4, -0.2) is 252 Å². The Labute approximate surface area is 520 Å². The molecular formula is C64H96O25. The number of aliphatic hydroxyl groups excluding tert-OH is 5.